The van der Waals surface area contributed by atoms with Crippen LogP contribution in [-0.2, 0) is 14.6 Å². The van der Waals surface area contributed by atoms with E-state index < -0.39 is 9.84 Å². The third-order valence-electron chi connectivity index (χ3n) is 5.00. The van der Waals surface area contributed by atoms with Gasteiger partial charge in [0.15, 0.2) is 9.84 Å². The predicted octanol–water partition coefficient (Wildman–Crippen LogP) is 0.263. The number of nitriles is 1. The van der Waals surface area contributed by atoms with Gasteiger partial charge in [-0.25, -0.2) is 13.2 Å². The molecule has 0 radical (unpaired) electrons. The monoisotopic (exact) mass is 370 g/mol. The largest absolute Gasteiger partial charge is 0.343 e. The van der Waals surface area contributed by atoms with E-state index in [4.69, 9.17) is 5.26 Å². The summed E-state index contributed by atoms with van der Waals surface area (Å²) in [5.74, 6) is -0.389. The number of urea groups is 1. The molecule has 0 aromatic heterocycles. The number of amides is 3. The Kier molecular flexibility index (Phi) is 7.05. The molecule has 1 aliphatic heterocycles. The Bertz CT molecular complexity index is 609. The van der Waals surface area contributed by atoms with Crippen LogP contribution in [0.3, 0.4) is 0 Å². The van der Waals surface area contributed by atoms with Crippen LogP contribution in [0.25, 0.3) is 0 Å². The number of sulfone groups is 1. The van der Waals surface area contributed by atoms with Crippen LogP contribution in [0.1, 0.15) is 32.1 Å². The maximum atomic E-state index is 12.4. The molecule has 25 heavy (non-hydrogen) atoms. The van der Waals surface area contributed by atoms with Gasteiger partial charge in [0, 0.05) is 19.6 Å². The summed E-state index contributed by atoms with van der Waals surface area (Å²) in [7, 11) is -3.04. The van der Waals surface area contributed by atoms with Crippen LogP contribution in [0, 0.1) is 23.2 Å². The average Bonchev–Trinajstić information content (AvgIpc) is 2.60. The van der Waals surface area contributed by atoms with Crippen LogP contribution >= 0.6 is 0 Å². The molecule has 1 heterocycles. The van der Waals surface area contributed by atoms with Gasteiger partial charge in [0.1, 0.15) is 6.54 Å². The molecule has 9 heteroatoms. The molecule has 1 atom stereocenters. The fourth-order valence-electron chi connectivity index (χ4n) is 3.49. The molecule has 1 unspecified atom stereocenters. The Balaban J connectivity index is 1.90. The second-order valence-corrected chi connectivity index (χ2v) is 9.01. The molecule has 3 amide bonds. The Morgan fingerprint density at radius 2 is 1.76 bits per heavy atom. The topological polar surface area (TPSA) is 119 Å². The minimum Gasteiger partial charge on any atom is -0.343 e. The van der Waals surface area contributed by atoms with Crippen LogP contribution in [-0.4, -0.2) is 62.9 Å². The van der Waals surface area contributed by atoms with Crippen LogP contribution < -0.4 is 10.6 Å². The van der Waals surface area contributed by atoms with E-state index in [0.717, 1.165) is 32.1 Å². The van der Waals surface area contributed by atoms with Crippen molar-refractivity contribution in [1.29, 1.82) is 5.26 Å². The lowest BCUT2D eigenvalue weighted by Gasteiger charge is -2.31. The Morgan fingerprint density at radius 3 is 2.36 bits per heavy atom. The predicted molar refractivity (Wildman–Crippen MR) is 92.3 cm³/mol. The van der Waals surface area contributed by atoms with E-state index >= 15 is 0 Å². The first-order valence-corrected chi connectivity index (χ1v) is 10.6. The van der Waals surface area contributed by atoms with Crippen molar-refractivity contribution in [3.63, 3.8) is 0 Å². The summed E-state index contributed by atoms with van der Waals surface area (Å²) in [5, 5.41) is 14.0. The van der Waals surface area contributed by atoms with Crippen molar-refractivity contribution in [2.75, 3.05) is 37.7 Å². The van der Waals surface area contributed by atoms with E-state index in [0.29, 0.717) is 0 Å². The molecular formula is C16H26N4O4S. The van der Waals surface area contributed by atoms with E-state index in [-0.39, 0.29) is 61.5 Å². The molecule has 1 aliphatic carbocycles. The Morgan fingerprint density at radius 1 is 1.12 bits per heavy atom. The number of carbonyl (C=O) groups excluding carboxylic acids is 2. The van der Waals surface area contributed by atoms with Gasteiger partial charge in [-0.15, -0.1) is 0 Å². The van der Waals surface area contributed by atoms with Crippen molar-refractivity contribution in [2.45, 2.75) is 32.1 Å². The number of nitrogens with zero attached hydrogens (tertiary/aromatic N) is 2. The molecule has 1 saturated carbocycles. The Labute approximate surface area is 148 Å². The molecule has 8 nitrogen and oxygen atoms in total. The van der Waals surface area contributed by atoms with Crippen molar-refractivity contribution < 1.29 is 18.0 Å². The summed E-state index contributed by atoms with van der Waals surface area (Å²) in [6.45, 7) is 0.537. The second kappa shape index (κ2) is 9.04. The van der Waals surface area contributed by atoms with Gasteiger partial charge in [0.25, 0.3) is 0 Å². The molecule has 0 spiro atoms. The van der Waals surface area contributed by atoms with Gasteiger partial charge in [-0.2, -0.15) is 5.26 Å². The highest BCUT2D eigenvalue weighted by Crippen LogP contribution is 2.30. The van der Waals surface area contributed by atoms with Crippen molar-refractivity contribution in [1.82, 2.24) is 15.5 Å². The van der Waals surface area contributed by atoms with Gasteiger partial charge in [0.05, 0.1) is 23.5 Å². The smallest absolute Gasteiger partial charge is 0.317 e. The highest BCUT2D eigenvalue weighted by Gasteiger charge is 2.31. The van der Waals surface area contributed by atoms with E-state index in [1.165, 1.54) is 4.90 Å². The molecule has 0 aromatic carbocycles. The summed E-state index contributed by atoms with van der Waals surface area (Å²) in [6.07, 6.45) is 5.21. The molecular weight excluding hydrogens is 344 g/mol. The number of hydrogen-bond donors (Lipinski definition) is 2. The van der Waals surface area contributed by atoms with Gasteiger partial charge < -0.3 is 15.5 Å². The zero-order valence-electron chi connectivity index (χ0n) is 14.4. The van der Waals surface area contributed by atoms with Crippen LogP contribution in [0.15, 0.2) is 0 Å². The first-order valence-electron chi connectivity index (χ1n) is 8.81. The van der Waals surface area contributed by atoms with Gasteiger partial charge in [-0.1, -0.05) is 19.3 Å². The summed E-state index contributed by atoms with van der Waals surface area (Å²) in [4.78, 5) is 26.1. The summed E-state index contributed by atoms with van der Waals surface area (Å²) in [6, 6.07) is 1.57. The zero-order valence-corrected chi connectivity index (χ0v) is 15.2. The number of rotatable bonds is 5. The van der Waals surface area contributed by atoms with E-state index in [1.54, 1.807) is 0 Å². The first-order chi connectivity index (χ1) is 11.9. The van der Waals surface area contributed by atoms with Gasteiger partial charge in [-0.05, 0) is 18.8 Å². The molecule has 2 fully saturated rings. The van der Waals surface area contributed by atoms with Gasteiger partial charge in [0.2, 0.25) is 5.91 Å². The van der Waals surface area contributed by atoms with E-state index in [9.17, 15) is 18.0 Å². The lowest BCUT2D eigenvalue weighted by atomic mass is 9.79. The van der Waals surface area contributed by atoms with Crippen LogP contribution in [0.5, 0.6) is 0 Å². The average molecular weight is 370 g/mol. The first kappa shape index (κ1) is 19.5. The number of nitrogens with one attached hydrogen (secondary N) is 2. The lowest BCUT2D eigenvalue weighted by Crippen LogP contribution is -2.51. The minimum absolute atomic E-state index is 0.0187. The Hall–Kier alpha value is -1.82. The van der Waals surface area contributed by atoms with Crippen molar-refractivity contribution in [3.8, 4) is 6.07 Å². The summed E-state index contributed by atoms with van der Waals surface area (Å²) >= 11 is 0. The van der Waals surface area contributed by atoms with Gasteiger partial charge >= 0.3 is 6.03 Å². The second-order valence-electron chi connectivity index (χ2n) is 6.71. The third-order valence-corrected chi connectivity index (χ3v) is 6.61. The number of hydrogen-bond acceptors (Lipinski definition) is 5. The fourth-order valence-corrected chi connectivity index (χ4v) is 4.69. The summed E-state index contributed by atoms with van der Waals surface area (Å²) < 4.78 is 22.9. The van der Waals surface area contributed by atoms with E-state index in [2.05, 4.69) is 10.6 Å². The lowest BCUT2D eigenvalue weighted by molar-refractivity contribution is -0.126. The molecule has 1 saturated heterocycles. The highest BCUT2D eigenvalue weighted by atomic mass is 32.2. The third kappa shape index (κ3) is 5.88. The normalized spacial score (nSPS) is 21.8. The molecule has 2 rings (SSSR count). The molecule has 0 bridgehead atoms. The van der Waals surface area contributed by atoms with Crippen molar-refractivity contribution >= 4 is 21.8 Å². The molecule has 0 aromatic rings. The maximum absolute atomic E-state index is 12.4. The standard InChI is InChI=1S/C16H26N4O4S/c17-6-7-18-15(21)14(13-4-2-1-3-5-13)12-19-16(22)20-8-10-25(23,24)11-9-20/h13-14H,1-5,7-12H2,(H,18,21)(H,19,22). The van der Waals surface area contributed by atoms with Crippen LogP contribution in [0.2, 0.25) is 0 Å². The van der Waals surface area contributed by atoms with Gasteiger partial charge in [-0.3, -0.25) is 4.79 Å². The summed E-state index contributed by atoms with van der Waals surface area (Å²) in [5.41, 5.74) is 0. The molecule has 2 aliphatic rings. The molecule has 140 valence electrons. The zero-order chi connectivity index (χ0) is 18.3. The SMILES string of the molecule is N#CCNC(=O)C(CNC(=O)N1CCS(=O)(=O)CC1)C1CCCCC1. The van der Waals surface area contributed by atoms with Crippen molar-refractivity contribution in [2.24, 2.45) is 11.8 Å². The molecule has 2 N–H and O–H groups in total. The number of carbonyl (C=O) groups is 2. The van der Waals surface area contributed by atoms with E-state index in [1.807, 2.05) is 6.07 Å². The fraction of sp³-hybridized carbons (Fsp3) is 0.812. The van der Waals surface area contributed by atoms with Crippen LogP contribution in [0.4, 0.5) is 4.79 Å². The quantitative estimate of drug-likeness (QED) is 0.673. The maximum Gasteiger partial charge on any atom is 0.317 e. The minimum atomic E-state index is -3.04. The highest BCUT2D eigenvalue weighted by molar-refractivity contribution is 7.91. The van der Waals surface area contributed by atoms with Crippen molar-refractivity contribution in [3.05, 3.63) is 0 Å².